The quantitative estimate of drug-likeness (QED) is 0.511. The summed E-state index contributed by atoms with van der Waals surface area (Å²) in [6, 6.07) is 2.77. The Morgan fingerprint density at radius 3 is 2.47 bits per heavy atom. The maximum absolute atomic E-state index is 12.9. The average Bonchev–Trinajstić information content (AvgIpc) is 2.26. The molecule has 0 aliphatic carbocycles. The van der Waals surface area contributed by atoms with Crippen LogP contribution in [-0.4, -0.2) is 33.6 Å². The first-order valence-electron chi connectivity index (χ1n) is 5.04. The van der Waals surface area contributed by atoms with Gasteiger partial charge in [-0.2, -0.15) is 13.2 Å². The molecule has 19 heavy (non-hydrogen) atoms. The lowest BCUT2D eigenvalue weighted by Crippen LogP contribution is -2.21. The van der Waals surface area contributed by atoms with E-state index in [0.29, 0.717) is 6.07 Å². The summed E-state index contributed by atoms with van der Waals surface area (Å²) in [4.78, 5) is -0.455. The number of ether oxygens (including phenoxy) is 1. The molecule has 1 aromatic carbocycles. The Hall–Kier alpha value is -1.35. The first-order chi connectivity index (χ1) is 8.62. The third kappa shape index (κ3) is 5.03. The van der Waals surface area contributed by atoms with Crippen molar-refractivity contribution in [1.82, 2.24) is 0 Å². The van der Waals surface area contributed by atoms with Gasteiger partial charge < -0.3 is 10.5 Å². The fraction of sp³-hybridized carbons (Fsp3) is 0.400. The molecule has 0 bridgehead atoms. The molecule has 1 rings (SSSR count). The van der Waals surface area contributed by atoms with Gasteiger partial charge >= 0.3 is 6.18 Å². The van der Waals surface area contributed by atoms with Crippen LogP contribution in [0.3, 0.4) is 0 Å². The van der Waals surface area contributed by atoms with Gasteiger partial charge in [-0.05, 0) is 18.2 Å². The zero-order valence-electron chi connectivity index (χ0n) is 9.58. The van der Waals surface area contributed by atoms with Crippen molar-refractivity contribution < 1.29 is 30.7 Å². The minimum absolute atomic E-state index is 0.169. The monoisotopic (exact) mass is 301 g/mol. The molecule has 108 valence electrons. The highest BCUT2D eigenvalue weighted by atomic mass is 32.2. The summed E-state index contributed by atoms with van der Waals surface area (Å²) in [5.41, 5.74) is 5.21. The van der Waals surface area contributed by atoms with Crippen molar-refractivity contribution in [2.45, 2.75) is 11.1 Å². The number of hydrogen-bond acceptors (Lipinski definition) is 4. The maximum Gasteiger partial charge on any atom is 0.411 e. The molecule has 0 spiro atoms. The predicted octanol–water partition coefficient (Wildman–Crippen LogP) is 1.76. The molecule has 4 nitrogen and oxygen atoms in total. The van der Waals surface area contributed by atoms with Crippen molar-refractivity contribution in [2.24, 2.45) is 0 Å². The van der Waals surface area contributed by atoms with E-state index in [1.807, 2.05) is 0 Å². The van der Waals surface area contributed by atoms with E-state index in [9.17, 15) is 26.0 Å². The summed E-state index contributed by atoms with van der Waals surface area (Å²) in [6.45, 7) is -2.20. The molecule has 2 N–H and O–H groups in total. The Kier molecular flexibility index (Phi) is 4.75. The molecule has 0 unspecified atom stereocenters. The maximum atomic E-state index is 12.9. The lowest BCUT2D eigenvalue weighted by Gasteiger charge is -2.09. The molecule has 0 amide bonds. The SMILES string of the molecule is Nc1ccc(F)cc1S(=O)(=O)CCOCC(F)(F)F. The van der Waals surface area contributed by atoms with Crippen molar-refractivity contribution in [3.05, 3.63) is 24.0 Å². The summed E-state index contributed by atoms with van der Waals surface area (Å²) in [6.07, 6.45) is -4.53. The predicted molar refractivity (Wildman–Crippen MR) is 59.7 cm³/mol. The number of anilines is 1. The van der Waals surface area contributed by atoms with Crippen LogP contribution in [0.1, 0.15) is 0 Å². The largest absolute Gasteiger partial charge is 0.411 e. The van der Waals surface area contributed by atoms with E-state index in [4.69, 9.17) is 5.73 Å². The van der Waals surface area contributed by atoms with Crippen LogP contribution >= 0.6 is 0 Å². The zero-order valence-corrected chi connectivity index (χ0v) is 10.4. The van der Waals surface area contributed by atoms with Gasteiger partial charge in [-0.25, -0.2) is 12.8 Å². The summed E-state index contributed by atoms with van der Waals surface area (Å²) in [5.74, 6) is -1.51. The fourth-order valence-electron chi connectivity index (χ4n) is 1.24. The van der Waals surface area contributed by atoms with Crippen LogP contribution in [0, 0.1) is 5.82 Å². The van der Waals surface area contributed by atoms with Gasteiger partial charge in [0.05, 0.1) is 22.9 Å². The van der Waals surface area contributed by atoms with Crippen LogP contribution in [0.4, 0.5) is 23.2 Å². The van der Waals surface area contributed by atoms with E-state index in [0.717, 1.165) is 12.1 Å². The van der Waals surface area contributed by atoms with Crippen LogP contribution in [-0.2, 0) is 14.6 Å². The second-order valence-corrected chi connectivity index (χ2v) is 5.75. The molecule has 0 fully saturated rings. The van der Waals surface area contributed by atoms with Crippen molar-refractivity contribution in [1.29, 1.82) is 0 Å². The third-order valence-electron chi connectivity index (χ3n) is 2.07. The second kappa shape index (κ2) is 5.74. The number of nitrogen functional groups attached to an aromatic ring is 1. The van der Waals surface area contributed by atoms with E-state index >= 15 is 0 Å². The van der Waals surface area contributed by atoms with Gasteiger partial charge in [0.1, 0.15) is 12.4 Å². The molecular formula is C10H11F4NO3S. The molecule has 0 saturated heterocycles. The average molecular weight is 301 g/mol. The molecule has 1 aromatic rings. The van der Waals surface area contributed by atoms with Gasteiger partial charge in [-0.3, -0.25) is 0 Å². The summed E-state index contributed by atoms with van der Waals surface area (Å²) < 4.78 is 75.9. The van der Waals surface area contributed by atoms with Crippen LogP contribution in [0.25, 0.3) is 0 Å². The van der Waals surface area contributed by atoms with Gasteiger partial charge in [0.15, 0.2) is 9.84 Å². The van der Waals surface area contributed by atoms with E-state index < -0.39 is 45.7 Å². The van der Waals surface area contributed by atoms with Crippen molar-refractivity contribution in [3.63, 3.8) is 0 Å². The topological polar surface area (TPSA) is 69.4 Å². The minimum atomic E-state index is -4.53. The highest BCUT2D eigenvalue weighted by Gasteiger charge is 2.28. The first kappa shape index (κ1) is 15.7. The minimum Gasteiger partial charge on any atom is -0.398 e. The van der Waals surface area contributed by atoms with Gasteiger partial charge in [0.25, 0.3) is 0 Å². The molecule has 0 aliphatic rings. The number of nitrogens with two attached hydrogens (primary N) is 1. The zero-order chi connectivity index (χ0) is 14.7. The van der Waals surface area contributed by atoms with Gasteiger partial charge in [0, 0.05) is 0 Å². The molecule has 0 aromatic heterocycles. The standard InChI is InChI=1S/C10H11F4NO3S/c11-7-1-2-8(15)9(5-7)19(16,17)4-3-18-6-10(12,13)14/h1-2,5H,3-4,6,15H2. The lowest BCUT2D eigenvalue weighted by atomic mass is 10.3. The lowest BCUT2D eigenvalue weighted by molar-refractivity contribution is -0.172. The summed E-state index contributed by atoms with van der Waals surface area (Å²) in [5, 5.41) is 0. The highest BCUT2D eigenvalue weighted by molar-refractivity contribution is 7.91. The number of alkyl halides is 3. The van der Waals surface area contributed by atoms with Gasteiger partial charge in [0.2, 0.25) is 0 Å². The number of hydrogen-bond donors (Lipinski definition) is 1. The van der Waals surface area contributed by atoms with E-state index in [1.54, 1.807) is 0 Å². The molecule has 9 heteroatoms. The Balaban J connectivity index is 2.69. The Bertz CT molecular complexity index is 542. The van der Waals surface area contributed by atoms with Crippen molar-refractivity contribution >= 4 is 15.5 Å². The highest BCUT2D eigenvalue weighted by Crippen LogP contribution is 2.21. The van der Waals surface area contributed by atoms with Crippen LogP contribution in [0.15, 0.2) is 23.1 Å². The molecule has 0 aliphatic heterocycles. The third-order valence-corrected chi connectivity index (χ3v) is 3.80. The number of benzene rings is 1. The van der Waals surface area contributed by atoms with Crippen LogP contribution < -0.4 is 5.73 Å². The number of sulfone groups is 1. The van der Waals surface area contributed by atoms with Crippen LogP contribution in [0.2, 0.25) is 0 Å². The molecule has 0 heterocycles. The Morgan fingerprint density at radius 1 is 1.26 bits per heavy atom. The van der Waals surface area contributed by atoms with Crippen LogP contribution in [0.5, 0.6) is 0 Å². The first-order valence-corrected chi connectivity index (χ1v) is 6.69. The van der Waals surface area contributed by atoms with Gasteiger partial charge in [-0.15, -0.1) is 0 Å². The smallest absolute Gasteiger partial charge is 0.398 e. The molecule has 0 saturated carbocycles. The summed E-state index contributed by atoms with van der Waals surface area (Å²) >= 11 is 0. The summed E-state index contributed by atoms with van der Waals surface area (Å²) in [7, 11) is -3.99. The molecule has 0 radical (unpaired) electrons. The van der Waals surface area contributed by atoms with Crippen molar-refractivity contribution in [3.8, 4) is 0 Å². The second-order valence-electron chi connectivity index (χ2n) is 3.67. The Morgan fingerprint density at radius 2 is 1.89 bits per heavy atom. The van der Waals surface area contributed by atoms with E-state index in [-0.39, 0.29) is 5.69 Å². The van der Waals surface area contributed by atoms with Crippen molar-refractivity contribution in [2.75, 3.05) is 24.7 Å². The molecular weight excluding hydrogens is 290 g/mol. The fourth-order valence-corrected chi connectivity index (χ4v) is 2.52. The molecule has 0 atom stereocenters. The number of rotatable bonds is 5. The number of halogens is 4. The Labute approximate surface area is 107 Å². The van der Waals surface area contributed by atoms with Gasteiger partial charge in [-0.1, -0.05) is 0 Å². The normalized spacial score (nSPS) is 12.6. The van der Waals surface area contributed by atoms with E-state index in [1.165, 1.54) is 0 Å². The van der Waals surface area contributed by atoms with E-state index in [2.05, 4.69) is 4.74 Å².